The van der Waals surface area contributed by atoms with Crippen molar-refractivity contribution in [3.8, 4) is 11.5 Å². The van der Waals surface area contributed by atoms with Crippen LogP contribution < -0.4 is 9.47 Å². The Morgan fingerprint density at radius 3 is 2.13 bits per heavy atom. The number of nitrogens with zero attached hydrogens (tertiary/aromatic N) is 1. The van der Waals surface area contributed by atoms with Crippen LogP contribution in [0.1, 0.15) is 37.5 Å². The van der Waals surface area contributed by atoms with Gasteiger partial charge >= 0.3 is 0 Å². The van der Waals surface area contributed by atoms with E-state index in [-0.39, 0.29) is 5.60 Å². The lowest BCUT2D eigenvalue weighted by Gasteiger charge is -2.37. The molecule has 156 valence electrons. The van der Waals surface area contributed by atoms with Crippen LogP contribution in [0.4, 0.5) is 0 Å². The Bertz CT molecular complexity index is 945. The van der Waals surface area contributed by atoms with Crippen LogP contribution in [0.2, 0.25) is 0 Å². The highest BCUT2D eigenvalue weighted by molar-refractivity contribution is 5.33. The summed E-state index contributed by atoms with van der Waals surface area (Å²) < 4.78 is 12.1. The van der Waals surface area contributed by atoms with Crippen molar-refractivity contribution in [2.24, 2.45) is 0 Å². The number of hydrogen-bond acceptors (Lipinski definition) is 3. The van der Waals surface area contributed by atoms with E-state index in [9.17, 15) is 0 Å². The van der Waals surface area contributed by atoms with Gasteiger partial charge in [-0.15, -0.1) is 0 Å². The van der Waals surface area contributed by atoms with E-state index in [1.807, 2.05) is 24.3 Å². The summed E-state index contributed by atoms with van der Waals surface area (Å²) in [4.78, 5) is 2.54. The van der Waals surface area contributed by atoms with E-state index in [4.69, 9.17) is 9.47 Å². The number of benzene rings is 3. The predicted molar refractivity (Wildman–Crippen MR) is 122 cm³/mol. The lowest BCUT2D eigenvalue weighted by atomic mass is 9.94. The molecule has 0 aromatic heterocycles. The fraction of sp³-hybridized carbons (Fsp3) is 0.333. The molecule has 0 fully saturated rings. The van der Waals surface area contributed by atoms with Crippen molar-refractivity contribution in [3.05, 3.63) is 95.6 Å². The normalized spacial score (nSPS) is 16.7. The number of fused-ring (bicyclic) bond motifs is 1. The van der Waals surface area contributed by atoms with Crippen molar-refractivity contribution >= 4 is 0 Å². The molecule has 0 radical (unpaired) electrons. The highest BCUT2D eigenvalue weighted by Gasteiger charge is 2.26. The lowest BCUT2D eigenvalue weighted by Crippen LogP contribution is -2.43. The van der Waals surface area contributed by atoms with Crippen molar-refractivity contribution in [1.82, 2.24) is 4.90 Å². The van der Waals surface area contributed by atoms with Crippen LogP contribution in [0, 0.1) is 0 Å². The molecule has 0 aliphatic carbocycles. The zero-order valence-electron chi connectivity index (χ0n) is 18.2. The Balaban J connectivity index is 1.45. The average Bonchev–Trinajstić information content (AvgIpc) is 2.73. The van der Waals surface area contributed by atoms with E-state index in [2.05, 4.69) is 80.3 Å². The summed E-state index contributed by atoms with van der Waals surface area (Å²) in [7, 11) is 0. The highest BCUT2D eigenvalue weighted by Crippen LogP contribution is 2.27. The third-order valence-corrected chi connectivity index (χ3v) is 5.38. The molecule has 30 heavy (non-hydrogen) atoms. The second-order valence-electron chi connectivity index (χ2n) is 9.01. The van der Waals surface area contributed by atoms with E-state index in [1.54, 1.807) is 0 Å². The zero-order chi connectivity index (χ0) is 21.0. The molecule has 4 rings (SSSR count). The van der Waals surface area contributed by atoms with Crippen LogP contribution in [-0.2, 0) is 19.5 Å². The van der Waals surface area contributed by atoms with Gasteiger partial charge < -0.3 is 9.47 Å². The van der Waals surface area contributed by atoms with Crippen LogP contribution >= 0.6 is 0 Å². The standard InChI is InChI=1S/C27H31NO2/c1-27(2,3)30-26-15-13-25(14-16-26)29-20-24-17-22-11-7-8-12-23(22)19-28(24)18-21-9-5-4-6-10-21/h4-16,24H,17-20H2,1-3H3/t24-/m0/s1. The van der Waals surface area contributed by atoms with E-state index in [0.717, 1.165) is 31.0 Å². The SMILES string of the molecule is CC(C)(C)Oc1ccc(OC[C@@H]2Cc3ccccc3CN2Cc2ccccc2)cc1. The summed E-state index contributed by atoms with van der Waals surface area (Å²) in [5.74, 6) is 1.75. The van der Waals surface area contributed by atoms with Crippen LogP contribution in [0.15, 0.2) is 78.9 Å². The van der Waals surface area contributed by atoms with Gasteiger partial charge in [0.15, 0.2) is 0 Å². The van der Waals surface area contributed by atoms with Crippen LogP contribution in [0.3, 0.4) is 0 Å². The van der Waals surface area contributed by atoms with Gasteiger partial charge in [-0.25, -0.2) is 0 Å². The first-order chi connectivity index (χ1) is 14.5. The Morgan fingerprint density at radius 2 is 1.43 bits per heavy atom. The van der Waals surface area contributed by atoms with Gasteiger partial charge in [-0.05, 0) is 68.1 Å². The molecule has 1 aliphatic heterocycles. The minimum Gasteiger partial charge on any atom is -0.492 e. The van der Waals surface area contributed by atoms with Crippen molar-refractivity contribution < 1.29 is 9.47 Å². The molecule has 0 saturated carbocycles. The maximum absolute atomic E-state index is 6.22. The molecular formula is C27H31NO2. The van der Waals surface area contributed by atoms with Gasteiger partial charge in [-0.1, -0.05) is 54.6 Å². The third-order valence-electron chi connectivity index (χ3n) is 5.38. The van der Waals surface area contributed by atoms with Crippen molar-refractivity contribution in [3.63, 3.8) is 0 Å². The Morgan fingerprint density at radius 1 is 0.800 bits per heavy atom. The van der Waals surface area contributed by atoms with Crippen molar-refractivity contribution in [1.29, 1.82) is 0 Å². The monoisotopic (exact) mass is 401 g/mol. The Kier molecular flexibility index (Phi) is 6.10. The van der Waals surface area contributed by atoms with Crippen LogP contribution in [0.5, 0.6) is 11.5 Å². The number of hydrogen-bond donors (Lipinski definition) is 0. The average molecular weight is 402 g/mol. The Labute approximate surface area is 180 Å². The van der Waals surface area contributed by atoms with Gasteiger partial charge in [0.05, 0.1) is 0 Å². The topological polar surface area (TPSA) is 21.7 Å². The van der Waals surface area contributed by atoms with Crippen molar-refractivity contribution in [2.45, 2.75) is 51.9 Å². The second-order valence-corrected chi connectivity index (χ2v) is 9.01. The number of rotatable bonds is 6. The summed E-state index contributed by atoms with van der Waals surface area (Å²) >= 11 is 0. The predicted octanol–water partition coefficient (Wildman–Crippen LogP) is 5.87. The van der Waals surface area contributed by atoms with E-state index >= 15 is 0 Å². The van der Waals surface area contributed by atoms with Crippen LogP contribution in [-0.4, -0.2) is 23.1 Å². The third kappa shape index (κ3) is 5.43. The molecule has 3 aromatic carbocycles. The summed E-state index contributed by atoms with van der Waals surface area (Å²) in [6, 6.07) is 27.8. The molecule has 0 saturated heterocycles. The number of ether oxygens (including phenoxy) is 2. The fourth-order valence-corrected chi connectivity index (χ4v) is 3.96. The maximum Gasteiger partial charge on any atom is 0.120 e. The molecule has 0 unspecified atom stereocenters. The molecule has 3 heteroatoms. The first kappa shape index (κ1) is 20.5. The molecule has 0 bridgehead atoms. The molecule has 0 amide bonds. The molecule has 1 aliphatic rings. The Hall–Kier alpha value is -2.78. The highest BCUT2D eigenvalue weighted by atomic mass is 16.5. The van der Waals surface area contributed by atoms with E-state index in [0.29, 0.717) is 12.6 Å². The minimum absolute atomic E-state index is 0.199. The van der Waals surface area contributed by atoms with Gasteiger partial charge in [0.2, 0.25) is 0 Å². The first-order valence-corrected chi connectivity index (χ1v) is 10.7. The van der Waals surface area contributed by atoms with Gasteiger partial charge in [0, 0.05) is 19.1 Å². The molecule has 3 nitrogen and oxygen atoms in total. The molecule has 3 aromatic rings. The maximum atomic E-state index is 6.22. The quantitative estimate of drug-likeness (QED) is 0.516. The van der Waals surface area contributed by atoms with Crippen molar-refractivity contribution in [2.75, 3.05) is 6.61 Å². The van der Waals surface area contributed by atoms with E-state index < -0.39 is 0 Å². The molecule has 1 atom stereocenters. The van der Waals surface area contributed by atoms with Gasteiger partial charge in [0.25, 0.3) is 0 Å². The fourth-order valence-electron chi connectivity index (χ4n) is 3.96. The summed E-state index contributed by atoms with van der Waals surface area (Å²) in [5.41, 5.74) is 4.00. The lowest BCUT2D eigenvalue weighted by molar-refractivity contribution is 0.109. The first-order valence-electron chi connectivity index (χ1n) is 10.7. The summed E-state index contributed by atoms with van der Waals surface area (Å²) in [6.45, 7) is 8.72. The molecule has 0 spiro atoms. The largest absolute Gasteiger partial charge is 0.492 e. The van der Waals surface area contributed by atoms with Gasteiger partial charge in [-0.2, -0.15) is 0 Å². The van der Waals surface area contributed by atoms with E-state index in [1.165, 1.54) is 16.7 Å². The second kappa shape index (κ2) is 8.93. The van der Waals surface area contributed by atoms with Gasteiger partial charge in [-0.3, -0.25) is 4.90 Å². The molecular weight excluding hydrogens is 370 g/mol. The zero-order valence-corrected chi connectivity index (χ0v) is 18.2. The summed E-state index contributed by atoms with van der Waals surface area (Å²) in [5, 5.41) is 0. The molecule has 1 heterocycles. The molecule has 0 N–H and O–H groups in total. The minimum atomic E-state index is -0.199. The van der Waals surface area contributed by atoms with Gasteiger partial charge in [0.1, 0.15) is 23.7 Å². The van der Waals surface area contributed by atoms with Crippen LogP contribution in [0.25, 0.3) is 0 Å². The smallest absolute Gasteiger partial charge is 0.120 e. The summed E-state index contributed by atoms with van der Waals surface area (Å²) in [6.07, 6.45) is 1.01.